The Balaban J connectivity index is 2.09. The van der Waals surface area contributed by atoms with E-state index in [-0.39, 0.29) is 12.1 Å². The number of anilines is 1. The molecule has 0 saturated heterocycles. The summed E-state index contributed by atoms with van der Waals surface area (Å²) in [5.74, 6) is 0.295. The molecule has 5 heteroatoms. The number of carbonyl (C=O) groups is 1. The summed E-state index contributed by atoms with van der Waals surface area (Å²) in [7, 11) is 1.80. The third kappa shape index (κ3) is 3.08. The lowest BCUT2D eigenvalue weighted by molar-refractivity contribution is 0.000762. The van der Waals surface area contributed by atoms with Crippen molar-refractivity contribution in [3.8, 4) is 0 Å². The normalized spacial score (nSPS) is 23.1. The molecular formula is C14H22N2O2S. The van der Waals surface area contributed by atoms with Gasteiger partial charge in [-0.3, -0.25) is 0 Å². The van der Waals surface area contributed by atoms with Crippen LogP contribution in [0.4, 0.5) is 5.00 Å². The molecule has 1 aromatic heterocycles. The highest BCUT2D eigenvalue weighted by Gasteiger charge is 2.29. The molecule has 0 amide bonds. The Hall–Kier alpha value is -1.10. The zero-order valence-electron chi connectivity index (χ0n) is 11.9. The quantitative estimate of drug-likeness (QED) is 0.857. The van der Waals surface area contributed by atoms with Crippen LogP contribution in [0.5, 0.6) is 0 Å². The van der Waals surface area contributed by atoms with Crippen LogP contribution in [0.3, 0.4) is 0 Å². The van der Waals surface area contributed by atoms with Crippen LogP contribution in [-0.2, 0) is 4.74 Å². The summed E-state index contributed by atoms with van der Waals surface area (Å²) < 4.78 is 9.97. The Kier molecular flexibility index (Phi) is 4.80. The molecule has 1 saturated carbocycles. The molecule has 2 atom stereocenters. The third-order valence-corrected chi connectivity index (χ3v) is 4.87. The molecule has 2 rings (SSSR count). The van der Waals surface area contributed by atoms with Gasteiger partial charge in [0.15, 0.2) is 0 Å². The second-order valence-electron chi connectivity index (χ2n) is 5.12. The van der Waals surface area contributed by atoms with E-state index in [1.165, 1.54) is 24.4 Å². The van der Waals surface area contributed by atoms with Gasteiger partial charge >= 0.3 is 5.97 Å². The molecule has 4 nitrogen and oxygen atoms in total. The lowest BCUT2D eigenvalue weighted by Crippen LogP contribution is -2.30. The number of hydrogen-bond acceptors (Lipinski definition) is 5. The van der Waals surface area contributed by atoms with Crippen molar-refractivity contribution in [2.24, 2.45) is 5.92 Å². The number of hydrogen-bond donors (Lipinski definition) is 1. The Labute approximate surface area is 118 Å². The molecule has 1 heterocycles. The predicted octanol–water partition coefficient (Wildman–Crippen LogP) is 3.62. The number of ether oxygens (including phenoxy) is 1. The summed E-state index contributed by atoms with van der Waals surface area (Å²) in [5, 5.41) is 3.81. The Bertz CT molecular complexity index is 445. The first-order chi connectivity index (χ1) is 9.17. The highest BCUT2D eigenvalue weighted by atomic mass is 32.1. The van der Waals surface area contributed by atoms with Crippen LogP contribution in [-0.4, -0.2) is 23.5 Å². The number of aromatic nitrogens is 1. The van der Waals surface area contributed by atoms with Crippen molar-refractivity contribution in [3.63, 3.8) is 0 Å². The molecule has 0 aliphatic heterocycles. The molecule has 1 N–H and O–H groups in total. The van der Waals surface area contributed by atoms with Gasteiger partial charge < -0.3 is 10.1 Å². The van der Waals surface area contributed by atoms with Gasteiger partial charge in [-0.2, -0.15) is 4.37 Å². The topological polar surface area (TPSA) is 51.2 Å². The van der Waals surface area contributed by atoms with E-state index < -0.39 is 0 Å². The zero-order valence-corrected chi connectivity index (χ0v) is 12.7. The molecule has 1 aromatic rings. The van der Waals surface area contributed by atoms with Crippen LogP contribution >= 0.6 is 11.5 Å². The lowest BCUT2D eigenvalue weighted by atomic mass is 9.85. The molecule has 2 unspecified atom stereocenters. The minimum absolute atomic E-state index is 0.0789. The number of aryl methyl sites for hydroxylation is 1. The van der Waals surface area contributed by atoms with Gasteiger partial charge in [-0.05, 0) is 50.1 Å². The Morgan fingerprint density at radius 1 is 1.47 bits per heavy atom. The molecule has 0 aromatic carbocycles. The molecule has 19 heavy (non-hydrogen) atoms. The molecule has 1 aliphatic rings. The summed E-state index contributed by atoms with van der Waals surface area (Å²) >= 11 is 1.31. The standard InChI is InChI=1S/C14H22N2O2S/c1-4-10-7-5-6-8-11(10)18-14(17)12-9(2)16-19-13(12)15-3/h10-11,15H,4-8H2,1-3H3. The van der Waals surface area contributed by atoms with E-state index in [1.807, 2.05) is 6.92 Å². The maximum absolute atomic E-state index is 12.3. The van der Waals surface area contributed by atoms with Crippen molar-refractivity contribution in [3.05, 3.63) is 11.3 Å². The highest BCUT2D eigenvalue weighted by Crippen LogP contribution is 2.31. The Morgan fingerprint density at radius 2 is 2.21 bits per heavy atom. The lowest BCUT2D eigenvalue weighted by Gasteiger charge is -2.30. The zero-order chi connectivity index (χ0) is 13.8. The summed E-state index contributed by atoms with van der Waals surface area (Å²) in [6, 6.07) is 0. The minimum atomic E-state index is -0.221. The fraction of sp³-hybridized carbons (Fsp3) is 0.714. The van der Waals surface area contributed by atoms with Crippen LogP contribution < -0.4 is 5.32 Å². The van der Waals surface area contributed by atoms with Gasteiger partial charge in [-0.15, -0.1) is 0 Å². The number of nitrogens with one attached hydrogen (secondary N) is 1. The number of carbonyl (C=O) groups excluding carboxylic acids is 1. The fourth-order valence-electron chi connectivity index (χ4n) is 2.77. The summed E-state index contributed by atoms with van der Waals surface area (Å²) in [5.41, 5.74) is 1.36. The predicted molar refractivity (Wildman–Crippen MR) is 77.9 cm³/mol. The van der Waals surface area contributed by atoms with Gasteiger partial charge in [-0.1, -0.05) is 13.3 Å². The van der Waals surface area contributed by atoms with Crippen LogP contribution in [0.15, 0.2) is 0 Å². The number of nitrogens with zero attached hydrogens (tertiary/aromatic N) is 1. The monoisotopic (exact) mass is 282 g/mol. The van der Waals surface area contributed by atoms with Crippen molar-refractivity contribution >= 4 is 22.5 Å². The average molecular weight is 282 g/mol. The first kappa shape index (κ1) is 14.3. The Morgan fingerprint density at radius 3 is 2.89 bits per heavy atom. The molecule has 1 fully saturated rings. The molecule has 0 spiro atoms. The average Bonchev–Trinajstić information content (AvgIpc) is 2.80. The summed E-state index contributed by atoms with van der Waals surface area (Å²) in [6.07, 6.45) is 5.75. The number of esters is 1. The fourth-order valence-corrected chi connectivity index (χ4v) is 3.51. The van der Waals surface area contributed by atoms with Gasteiger partial charge in [-0.25, -0.2) is 4.79 Å². The van der Waals surface area contributed by atoms with Gasteiger partial charge in [0.05, 0.1) is 5.69 Å². The molecule has 1 aliphatic carbocycles. The van der Waals surface area contributed by atoms with Crippen molar-refractivity contribution in [2.45, 2.75) is 52.1 Å². The van der Waals surface area contributed by atoms with E-state index >= 15 is 0 Å². The van der Waals surface area contributed by atoms with Crippen LogP contribution in [0.2, 0.25) is 0 Å². The van der Waals surface area contributed by atoms with Crippen molar-refractivity contribution in [1.82, 2.24) is 4.37 Å². The first-order valence-electron chi connectivity index (χ1n) is 7.02. The van der Waals surface area contributed by atoms with Gasteiger partial charge in [0.2, 0.25) is 0 Å². The maximum atomic E-state index is 12.3. The van der Waals surface area contributed by atoms with Crippen molar-refractivity contribution in [2.75, 3.05) is 12.4 Å². The van der Waals surface area contributed by atoms with Crippen LogP contribution in [0.1, 0.15) is 55.1 Å². The first-order valence-corrected chi connectivity index (χ1v) is 7.79. The van der Waals surface area contributed by atoms with Gasteiger partial charge in [0.25, 0.3) is 0 Å². The minimum Gasteiger partial charge on any atom is -0.458 e. The van der Waals surface area contributed by atoms with E-state index in [0.29, 0.717) is 11.5 Å². The van der Waals surface area contributed by atoms with E-state index in [0.717, 1.165) is 30.0 Å². The third-order valence-electron chi connectivity index (χ3n) is 3.92. The largest absolute Gasteiger partial charge is 0.458 e. The van der Waals surface area contributed by atoms with Gasteiger partial charge in [0, 0.05) is 7.05 Å². The highest BCUT2D eigenvalue weighted by molar-refractivity contribution is 7.10. The second kappa shape index (κ2) is 6.37. The van der Waals surface area contributed by atoms with E-state index in [4.69, 9.17) is 4.74 Å². The molecule has 0 radical (unpaired) electrons. The summed E-state index contributed by atoms with van der Waals surface area (Å²) in [6.45, 7) is 4.03. The van der Waals surface area contributed by atoms with Crippen LogP contribution in [0, 0.1) is 12.8 Å². The van der Waals surface area contributed by atoms with Crippen LogP contribution in [0.25, 0.3) is 0 Å². The smallest absolute Gasteiger partial charge is 0.343 e. The van der Waals surface area contributed by atoms with E-state index in [1.54, 1.807) is 7.05 Å². The number of rotatable bonds is 4. The molecule has 0 bridgehead atoms. The molecular weight excluding hydrogens is 260 g/mol. The maximum Gasteiger partial charge on any atom is 0.343 e. The van der Waals surface area contributed by atoms with E-state index in [2.05, 4.69) is 16.6 Å². The van der Waals surface area contributed by atoms with Crippen molar-refractivity contribution in [1.29, 1.82) is 0 Å². The second-order valence-corrected chi connectivity index (χ2v) is 5.89. The van der Waals surface area contributed by atoms with Crippen molar-refractivity contribution < 1.29 is 9.53 Å². The van der Waals surface area contributed by atoms with Gasteiger partial charge in [0.1, 0.15) is 16.7 Å². The summed E-state index contributed by atoms with van der Waals surface area (Å²) in [4.78, 5) is 12.3. The molecule has 106 valence electrons. The van der Waals surface area contributed by atoms with E-state index in [9.17, 15) is 4.79 Å². The SMILES string of the molecule is CCC1CCCCC1OC(=O)c1c(C)nsc1NC.